The molecule has 0 fully saturated rings. The lowest BCUT2D eigenvalue weighted by Crippen LogP contribution is -2.12. The molecule has 242 valence electrons. The lowest BCUT2D eigenvalue weighted by atomic mass is 9.97. The Balaban J connectivity index is 1.85. The molecule has 12 heteroatoms. The van der Waals surface area contributed by atoms with Crippen molar-refractivity contribution in [2.75, 3.05) is 23.9 Å². The molecule has 7 nitrogen and oxygen atoms in total. The van der Waals surface area contributed by atoms with Crippen molar-refractivity contribution in [3.63, 3.8) is 0 Å². The van der Waals surface area contributed by atoms with Gasteiger partial charge in [0.1, 0.15) is 29.0 Å². The first kappa shape index (κ1) is 36.6. The van der Waals surface area contributed by atoms with E-state index in [0.29, 0.717) is 17.5 Å². The van der Waals surface area contributed by atoms with Crippen LogP contribution >= 0.6 is 31.9 Å². The van der Waals surface area contributed by atoms with Gasteiger partial charge in [-0.1, -0.05) is 75.7 Å². The van der Waals surface area contributed by atoms with Gasteiger partial charge in [0.15, 0.2) is 11.6 Å². The fourth-order valence-electron chi connectivity index (χ4n) is 4.44. The summed E-state index contributed by atoms with van der Waals surface area (Å²) in [5.74, 6) is -7.47. The van der Waals surface area contributed by atoms with Gasteiger partial charge in [-0.25, -0.2) is 18.4 Å². The molecule has 0 amide bonds. The lowest BCUT2D eigenvalue weighted by molar-refractivity contribution is 0.0497. The highest BCUT2D eigenvalue weighted by atomic mass is 79.9. The van der Waals surface area contributed by atoms with E-state index >= 15 is 0 Å². The SMILES string of the molecule is N#Cc1c(F)c(F)c(Oc2ccc(-c3ccc(C(=O)OCCCCCCBr)cc3C(=O)OCCCCCCBr)cc2)c(F)c1C#N. The monoisotopic (exact) mass is 762 g/mol. The van der Waals surface area contributed by atoms with Crippen LogP contribution in [0.4, 0.5) is 13.2 Å². The minimum Gasteiger partial charge on any atom is -0.462 e. The normalized spacial score (nSPS) is 10.6. The Bertz CT molecular complexity index is 1600. The summed E-state index contributed by atoms with van der Waals surface area (Å²) in [7, 11) is 0. The second-order valence-corrected chi connectivity index (χ2v) is 11.7. The number of benzene rings is 3. The van der Waals surface area contributed by atoms with Gasteiger partial charge in [0.05, 0.1) is 24.3 Å². The topological polar surface area (TPSA) is 109 Å². The minimum atomic E-state index is -1.75. The van der Waals surface area contributed by atoms with Crippen molar-refractivity contribution in [1.29, 1.82) is 10.5 Å². The maximum absolute atomic E-state index is 14.8. The number of alkyl halides is 2. The molecule has 0 aromatic heterocycles. The molecule has 0 N–H and O–H groups in total. The van der Waals surface area contributed by atoms with E-state index in [1.54, 1.807) is 6.07 Å². The molecule has 0 spiro atoms. The molecule has 3 aromatic carbocycles. The van der Waals surface area contributed by atoms with Crippen molar-refractivity contribution in [1.82, 2.24) is 0 Å². The number of nitrogens with zero attached hydrogens (tertiary/aromatic N) is 2. The molecule has 0 unspecified atom stereocenters. The van der Waals surface area contributed by atoms with E-state index in [-0.39, 0.29) is 30.1 Å². The summed E-state index contributed by atoms with van der Waals surface area (Å²) >= 11 is 6.78. The standard InChI is InChI=1S/C34H31Br2F3N2O5/c35-15-5-1-3-7-17-44-33(42)23-11-14-25(26(19-23)34(43)45-18-8-4-2-6-16-36)22-9-12-24(13-10-22)46-32-30(38)28(21-41)27(20-40)29(37)31(32)39/h9-14,19H,1-8,15-18H2. The number of rotatable bonds is 17. The molecule has 3 rings (SSSR count). The molecule has 0 heterocycles. The fraction of sp³-hybridized carbons (Fsp3) is 0.353. The third kappa shape index (κ3) is 9.81. The maximum Gasteiger partial charge on any atom is 0.338 e. The Morgan fingerprint density at radius 2 is 1.22 bits per heavy atom. The number of carbonyl (C=O) groups is 2. The Hall–Kier alpha value is -3.87. The van der Waals surface area contributed by atoms with E-state index in [4.69, 9.17) is 24.7 Å². The zero-order valence-electron chi connectivity index (χ0n) is 24.9. The summed E-state index contributed by atoms with van der Waals surface area (Å²) in [5, 5.41) is 20.0. The molecule has 0 bridgehead atoms. The van der Waals surface area contributed by atoms with Crippen LogP contribution in [0.15, 0.2) is 42.5 Å². The maximum atomic E-state index is 14.8. The molecule has 0 saturated carbocycles. The second kappa shape index (κ2) is 18.9. The first-order valence-electron chi connectivity index (χ1n) is 14.7. The van der Waals surface area contributed by atoms with E-state index in [2.05, 4.69) is 31.9 Å². The largest absolute Gasteiger partial charge is 0.462 e. The van der Waals surface area contributed by atoms with E-state index in [1.165, 1.54) is 48.5 Å². The van der Waals surface area contributed by atoms with Gasteiger partial charge in [0.2, 0.25) is 11.6 Å². The van der Waals surface area contributed by atoms with Crippen LogP contribution in [-0.2, 0) is 9.47 Å². The smallest absolute Gasteiger partial charge is 0.338 e. The number of hydrogen-bond acceptors (Lipinski definition) is 7. The highest BCUT2D eigenvalue weighted by molar-refractivity contribution is 9.09. The number of carbonyl (C=O) groups excluding carboxylic acids is 2. The molecule has 0 aliphatic heterocycles. The number of esters is 2. The number of hydrogen-bond donors (Lipinski definition) is 0. The summed E-state index contributed by atoms with van der Waals surface area (Å²) in [6.45, 7) is 0.443. The summed E-state index contributed by atoms with van der Waals surface area (Å²) in [6, 6.07) is 12.8. The van der Waals surface area contributed by atoms with E-state index in [9.17, 15) is 22.8 Å². The van der Waals surface area contributed by atoms with Crippen LogP contribution in [0.3, 0.4) is 0 Å². The molecule has 0 aliphatic carbocycles. The van der Waals surface area contributed by atoms with Crippen LogP contribution in [0, 0.1) is 40.1 Å². The summed E-state index contributed by atoms with van der Waals surface area (Å²) in [4.78, 5) is 26.0. The molecule has 0 aliphatic rings. The molecular formula is C34H31Br2F3N2O5. The quantitative estimate of drug-likeness (QED) is 0.0583. The number of nitriles is 2. The van der Waals surface area contributed by atoms with Gasteiger partial charge in [0.25, 0.3) is 0 Å². The highest BCUT2D eigenvalue weighted by Gasteiger charge is 2.27. The Morgan fingerprint density at radius 1 is 0.674 bits per heavy atom. The van der Waals surface area contributed by atoms with E-state index < -0.39 is 46.3 Å². The van der Waals surface area contributed by atoms with Crippen molar-refractivity contribution in [3.8, 4) is 34.8 Å². The van der Waals surface area contributed by atoms with Crippen molar-refractivity contribution >= 4 is 43.8 Å². The molecule has 0 saturated heterocycles. The molecule has 0 atom stereocenters. The van der Waals surface area contributed by atoms with Gasteiger partial charge >= 0.3 is 11.9 Å². The average molecular weight is 764 g/mol. The van der Waals surface area contributed by atoms with Crippen molar-refractivity contribution in [3.05, 3.63) is 82.2 Å². The van der Waals surface area contributed by atoms with Gasteiger partial charge in [-0.3, -0.25) is 0 Å². The third-order valence-corrected chi connectivity index (χ3v) is 8.01. The molecular weight excluding hydrogens is 733 g/mol. The zero-order chi connectivity index (χ0) is 33.5. The summed E-state index contributed by atoms with van der Waals surface area (Å²) < 4.78 is 59.8. The summed E-state index contributed by atoms with van der Waals surface area (Å²) in [5.41, 5.74) is -0.853. The van der Waals surface area contributed by atoms with Crippen LogP contribution in [0.2, 0.25) is 0 Å². The number of ether oxygens (including phenoxy) is 3. The van der Waals surface area contributed by atoms with Gasteiger partial charge in [-0.05, 0) is 61.1 Å². The highest BCUT2D eigenvalue weighted by Crippen LogP contribution is 2.35. The van der Waals surface area contributed by atoms with Gasteiger partial charge in [-0.2, -0.15) is 14.9 Å². The Morgan fingerprint density at radius 3 is 1.78 bits per heavy atom. The van der Waals surface area contributed by atoms with Crippen molar-refractivity contribution < 1.29 is 37.0 Å². The molecule has 46 heavy (non-hydrogen) atoms. The first-order valence-corrected chi connectivity index (χ1v) is 16.9. The van der Waals surface area contributed by atoms with Crippen LogP contribution in [-0.4, -0.2) is 35.8 Å². The van der Waals surface area contributed by atoms with E-state index in [1.807, 2.05) is 0 Å². The fourth-order valence-corrected chi connectivity index (χ4v) is 5.23. The second-order valence-electron chi connectivity index (χ2n) is 10.1. The van der Waals surface area contributed by atoms with Gasteiger partial charge < -0.3 is 14.2 Å². The van der Waals surface area contributed by atoms with Crippen LogP contribution in [0.1, 0.15) is 83.2 Å². The van der Waals surface area contributed by atoms with E-state index in [0.717, 1.165) is 55.6 Å². The van der Waals surface area contributed by atoms with Crippen LogP contribution in [0.5, 0.6) is 11.5 Å². The van der Waals surface area contributed by atoms with Crippen LogP contribution in [0.25, 0.3) is 11.1 Å². The van der Waals surface area contributed by atoms with Crippen LogP contribution < -0.4 is 4.74 Å². The number of halogens is 5. The average Bonchev–Trinajstić information content (AvgIpc) is 3.07. The predicted octanol–water partition coefficient (Wildman–Crippen LogP) is 9.53. The van der Waals surface area contributed by atoms with Gasteiger partial charge in [0, 0.05) is 10.7 Å². The molecule has 3 aromatic rings. The van der Waals surface area contributed by atoms with Gasteiger partial charge in [-0.15, -0.1) is 0 Å². The number of unbranched alkanes of at least 4 members (excludes halogenated alkanes) is 6. The Kier molecular flexibility index (Phi) is 15.1. The third-order valence-electron chi connectivity index (χ3n) is 6.89. The molecule has 0 radical (unpaired) electrons. The van der Waals surface area contributed by atoms with Crippen molar-refractivity contribution in [2.24, 2.45) is 0 Å². The summed E-state index contributed by atoms with van der Waals surface area (Å²) in [6.07, 6.45) is 7.25. The minimum absolute atomic E-state index is 0.113. The predicted molar refractivity (Wildman–Crippen MR) is 173 cm³/mol. The lowest BCUT2D eigenvalue weighted by Gasteiger charge is -2.14. The zero-order valence-corrected chi connectivity index (χ0v) is 28.0. The van der Waals surface area contributed by atoms with Crippen molar-refractivity contribution in [2.45, 2.75) is 51.4 Å². The Labute approximate surface area is 282 Å². The first-order chi connectivity index (χ1) is 22.3.